The highest BCUT2D eigenvalue weighted by Gasteiger charge is 2.20. The lowest BCUT2D eigenvalue weighted by atomic mass is 10.1. The van der Waals surface area contributed by atoms with Gasteiger partial charge in [-0.1, -0.05) is 0 Å². The van der Waals surface area contributed by atoms with Crippen LogP contribution in [0.1, 0.15) is 26.7 Å². The largest absolute Gasteiger partial charge is 0.376 e. The Balaban J connectivity index is 1.71. The van der Waals surface area contributed by atoms with Crippen molar-refractivity contribution in [3.05, 3.63) is 30.1 Å². The van der Waals surface area contributed by atoms with Gasteiger partial charge in [-0.2, -0.15) is 5.10 Å². The first-order valence-electron chi connectivity index (χ1n) is 7.73. The number of piperidine rings is 1. The van der Waals surface area contributed by atoms with E-state index in [-0.39, 0.29) is 18.3 Å². The molecule has 120 valence electrons. The van der Waals surface area contributed by atoms with Crippen molar-refractivity contribution < 1.29 is 14.1 Å². The Morgan fingerprint density at radius 2 is 1.91 bits per heavy atom. The number of anilines is 1. The van der Waals surface area contributed by atoms with E-state index in [0.717, 1.165) is 31.6 Å². The molecule has 0 spiro atoms. The molecule has 6 heteroatoms. The fourth-order valence-electron chi connectivity index (χ4n) is 2.48. The number of amides is 1. The molecule has 0 atom stereocenters. The van der Waals surface area contributed by atoms with E-state index in [2.05, 4.69) is 29.7 Å². The first-order valence-corrected chi connectivity index (χ1v) is 7.73. The zero-order chi connectivity index (χ0) is 15.9. The second-order valence-electron chi connectivity index (χ2n) is 5.89. The molecule has 0 aliphatic carbocycles. The van der Waals surface area contributed by atoms with Crippen LogP contribution in [0, 0.1) is 5.82 Å². The predicted octanol–water partition coefficient (Wildman–Crippen LogP) is 0.797. The number of quaternary nitrogens is 1. The molecule has 0 saturated carbocycles. The van der Waals surface area contributed by atoms with Crippen molar-refractivity contribution in [1.82, 2.24) is 5.43 Å². The molecule has 0 unspecified atom stereocenters. The van der Waals surface area contributed by atoms with Gasteiger partial charge in [0.25, 0.3) is 5.91 Å². The van der Waals surface area contributed by atoms with Gasteiger partial charge in [-0.25, -0.2) is 9.82 Å². The molecular weight excluding hydrogens is 283 g/mol. The molecule has 1 aromatic carbocycles. The van der Waals surface area contributed by atoms with Crippen LogP contribution in [0.15, 0.2) is 29.4 Å². The second-order valence-corrected chi connectivity index (χ2v) is 5.89. The first kappa shape index (κ1) is 16.4. The number of likely N-dealkylation sites (tertiary alicyclic amines) is 1. The average Bonchev–Trinajstić information content (AvgIpc) is 2.52. The number of nitrogens with one attached hydrogen (secondary N) is 3. The standard InChI is InChI=1S/C16H23FN4O/c1-12(2)21-9-7-15(8-10-21)19-20-16(22)11-18-14-5-3-13(17)4-6-14/h3-6,12,18H,7-11H2,1-2H3,(H,20,22)/p+1. The van der Waals surface area contributed by atoms with Gasteiger partial charge in [0, 0.05) is 24.2 Å². The lowest BCUT2D eigenvalue weighted by Crippen LogP contribution is -3.16. The van der Waals surface area contributed by atoms with Crippen LogP contribution in [0.5, 0.6) is 0 Å². The summed E-state index contributed by atoms with van der Waals surface area (Å²) in [6, 6.07) is 6.53. The van der Waals surface area contributed by atoms with Crippen molar-refractivity contribution in [2.75, 3.05) is 25.0 Å². The summed E-state index contributed by atoms with van der Waals surface area (Å²) >= 11 is 0. The molecule has 1 fully saturated rings. The first-order chi connectivity index (χ1) is 10.5. The maximum Gasteiger partial charge on any atom is 0.259 e. The van der Waals surface area contributed by atoms with Gasteiger partial charge in [0.15, 0.2) is 0 Å². The molecule has 0 radical (unpaired) electrons. The van der Waals surface area contributed by atoms with Crippen LogP contribution >= 0.6 is 0 Å². The predicted molar refractivity (Wildman–Crippen MR) is 85.5 cm³/mol. The molecule has 3 N–H and O–H groups in total. The molecule has 5 nitrogen and oxygen atoms in total. The second kappa shape index (κ2) is 7.89. The molecule has 1 saturated heterocycles. The van der Waals surface area contributed by atoms with E-state index in [1.165, 1.54) is 12.1 Å². The van der Waals surface area contributed by atoms with Gasteiger partial charge in [0.2, 0.25) is 0 Å². The van der Waals surface area contributed by atoms with Crippen LogP contribution in [-0.4, -0.2) is 37.3 Å². The topological polar surface area (TPSA) is 57.9 Å². The number of rotatable bonds is 5. The lowest BCUT2D eigenvalue weighted by molar-refractivity contribution is -0.922. The van der Waals surface area contributed by atoms with Gasteiger partial charge in [0.05, 0.1) is 25.7 Å². The third-order valence-corrected chi connectivity index (χ3v) is 3.92. The molecule has 1 heterocycles. The minimum absolute atomic E-state index is 0.117. The number of nitrogens with zero attached hydrogens (tertiary/aromatic N) is 1. The Labute approximate surface area is 130 Å². The van der Waals surface area contributed by atoms with Crippen molar-refractivity contribution >= 4 is 17.3 Å². The summed E-state index contributed by atoms with van der Waals surface area (Å²) in [6.45, 7) is 6.70. The summed E-state index contributed by atoms with van der Waals surface area (Å²) in [5.41, 5.74) is 4.34. The highest BCUT2D eigenvalue weighted by Crippen LogP contribution is 2.07. The Bertz CT molecular complexity index is 517. The normalized spacial score (nSPS) is 18.2. The Hall–Kier alpha value is -1.95. The van der Waals surface area contributed by atoms with Gasteiger partial charge in [0.1, 0.15) is 5.82 Å². The Kier molecular flexibility index (Phi) is 5.89. The number of hydrogen-bond acceptors (Lipinski definition) is 3. The summed E-state index contributed by atoms with van der Waals surface area (Å²) in [6.07, 6.45) is 1.86. The highest BCUT2D eigenvalue weighted by molar-refractivity contribution is 5.87. The highest BCUT2D eigenvalue weighted by atomic mass is 19.1. The van der Waals surface area contributed by atoms with E-state index in [1.807, 2.05) is 0 Å². The van der Waals surface area contributed by atoms with Crippen LogP contribution < -0.4 is 15.6 Å². The molecule has 0 bridgehead atoms. The van der Waals surface area contributed by atoms with Gasteiger partial charge >= 0.3 is 0 Å². The van der Waals surface area contributed by atoms with Crippen molar-refractivity contribution in [3.8, 4) is 0 Å². The molecule has 22 heavy (non-hydrogen) atoms. The number of carbonyl (C=O) groups excluding carboxylic acids is 1. The number of hydrogen-bond donors (Lipinski definition) is 3. The summed E-state index contributed by atoms with van der Waals surface area (Å²) in [5, 5.41) is 7.14. The molecule has 1 amide bonds. The van der Waals surface area contributed by atoms with E-state index >= 15 is 0 Å². The molecule has 1 aliphatic rings. The summed E-state index contributed by atoms with van der Waals surface area (Å²) in [4.78, 5) is 13.3. The van der Waals surface area contributed by atoms with E-state index in [1.54, 1.807) is 17.0 Å². The molecule has 2 rings (SSSR count). The Morgan fingerprint density at radius 3 is 2.50 bits per heavy atom. The van der Waals surface area contributed by atoms with Crippen molar-refractivity contribution in [2.24, 2.45) is 5.10 Å². The molecule has 1 aliphatic heterocycles. The minimum Gasteiger partial charge on any atom is -0.376 e. The quantitative estimate of drug-likeness (QED) is 0.705. The van der Waals surface area contributed by atoms with E-state index in [0.29, 0.717) is 11.7 Å². The van der Waals surface area contributed by atoms with Crippen LogP contribution in [-0.2, 0) is 4.79 Å². The number of carbonyl (C=O) groups is 1. The number of benzene rings is 1. The van der Waals surface area contributed by atoms with Crippen molar-refractivity contribution in [3.63, 3.8) is 0 Å². The lowest BCUT2D eigenvalue weighted by Gasteiger charge is -2.27. The number of halogens is 1. The van der Waals surface area contributed by atoms with E-state index < -0.39 is 0 Å². The minimum atomic E-state index is -0.295. The van der Waals surface area contributed by atoms with Crippen molar-refractivity contribution in [2.45, 2.75) is 32.7 Å². The van der Waals surface area contributed by atoms with Gasteiger partial charge in [-0.3, -0.25) is 4.79 Å². The smallest absolute Gasteiger partial charge is 0.259 e. The third kappa shape index (κ3) is 5.11. The van der Waals surface area contributed by atoms with Crippen LogP contribution in [0.4, 0.5) is 10.1 Å². The van der Waals surface area contributed by atoms with Crippen LogP contribution in [0.2, 0.25) is 0 Å². The fraction of sp³-hybridized carbons (Fsp3) is 0.500. The SMILES string of the molecule is CC(C)[NH+]1CCC(=NNC(=O)CNc2ccc(F)cc2)CC1. The molecule has 1 aromatic rings. The zero-order valence-corrected chi connectivity index (χ0v) is 13.2. The molecule has 0 aromatic heterocycles. The summed E-state index contributed by atoms with van der Waals surface area (Å²) in [7, 11) is 0. The van der Waals surface area contributed by atoms with Gasteiger partial charge in [-0.05, 0) is 38.1 Å². The van der Waals surface area contributed by atoms with Crippen LogP contribution in [0.3, 0.4) is 0 Å². The maximum absolute atomic E-state index is 12.8. The summed E-state index contributed by atoms with van der Waals surface area (Å²) in [5.74, 6) is -0.494. The number of hydrazone groups is 1. The van der Waals surface area contributed by atoms with Crippen molar-refractivity contribution in [1.29, 1.82) is 0 Å². The molecular formula is C16H24FN4O+. The van der Waals surface area contributed by atoms with Gasteiger partial charge in [-0.15, -0.1) is 0 Å². The summed E-state index contributed by atoms with van der Waals surface area (Å²) < 4.78 is 12.8. The average molecular weight is 307 g/mol. The van der Waals surface area contributed by atoms with Crippen LogP contribution in [0.25, 0.3) is 0 Å². The Morgan fingerprint density at radius 1 is 1.27 bits per heavy atom. The maximum atomic E-state index is 12.8. The van der Waals surface area contributed by atoms with E-state index in [4.69, 9.17) is 0 Å². The fourth-order valence-corrected chi connectivity index (χ4v) is 2.48. The third-order valence-electron chi connectivity index (χ3n) is 3.92. The van der Waals surface area contributed by atoms with E-state index in [9.17, 15) is 9.18 Å². The van der Waals surface area contributed by atoms with Gasteiger partial charge < -0.3 is 10.2 Å². The zero-order valence-electron chi connectivity index (χ0n) is 13.2. The monoisotopic (exact) mass is 307 g/mol.